The molecule has 0 spiro atoms. The van der Waals surface area contributed by atoms with Crippen LogP contribution in [0.4, 0.5) is 0 Å². The Hall–Kier alpha value is -9.54. The SMILES string of the molecule is CCCCCCCCCCCCCCCCS(=O)(=O)CC(CO[C@@H]1O[C@H](COC(=O)c2ccccc2)[C@@H](O[C@@H]2O[C@H](COC(C)=O)[C@H](O[C@H]3O[C@H](COC(C)=O)[C@H](OC(C)=O)[C@H](OC(C)=O)[C@H]3OC(C)=O)[C@H](OC(=O)c3ccccc3)[C@H]2OC(=O)c2ccccc2)[C@H](OC(=O)c2ccccc2)[C@H]1OC(=O)c1ccccc1)CS(=O)(=O)CCCCCCCCCCCCCCCC. The number of rotatable bonds is 59. The molecule has 0 aliphatic carbocycles. The van der Waals surface area contributed by atoms with Crippen molar-refractivity contribution >= 4 is 79.4 Å². The molecule has 3 aliphatic heterocycles. The predicted molar refractivity (Wildman–Crippen MR) is 482 cm³/mol. The lowest BCUT2D eigenvalue weighted by Crippen LogP contribution is -2.69. The van der Waals surface area contributed by atoms with E-state index in [2.05, 4.69) is 13.8 Å². The lowest BCUT2D eigenvalue weighted by Gasteiger charge is -2.50. The third-order valence-corrected chi connectivity index (χ3v) is 26.4. The highest BCUT2D eigenvalue weighted by Crippen LogP contribution is 2.40. The van der Waals surface area contributed by atoms with Crippen molar-refractivity contribution in [2.75, 3.05) is 49.4 Å². The van der Waals surface area contributed by atoms with Gasteiger partial charge in [-0.2, -0.15) is 0 Å². The maximum absolute atomic E-state index is 15.4. The van der Waals surface area contributed by atoms with Crippen molar-refractivity contribution in [3.05, 3.63) is 179 Å². The summed E-state index contributed by atoms with van der Waals surface area (Å²) in [5.41, 5.74) is -0.519. The largest absolute Gasteiger partial charge is 0.463 e. The van der Waals surface area contributed by atoms with Crippen LogP contribution >= 0.6 is 0 Å². The summed E-state index contributed by atoms with van der Waals surface area (Å²) in [5, 5.41) is 0. The number of carbonyl (C=O) groups is 10. The fourth-order valence-corrected chi connectivity index (χ4v) is 19.7. The van der Waals surface area contributed by atoms with E-state index in [0.717, 1.165) is 98.8 Å². The van der Waals surface area contributed by atoms with E-state index in [1.165, 1.54) is 199 Å². The van der Waals surface area contributed by atoms with Crippen LogP contribution in [0.25, 0.3) is 0 Å². The second kappa shape index (κ2) is 57.8. The third kappa shape index (κ3) is 38.2. The highest BCUT2D eigenvalue weighted by molar-refractivity contribution is 7.92. The van der Waals surface area contributed by atoms with Crippen LogP contribution in [-0.2, 0) is 119 Å². The van der Waals surface area contributed by atoms with Crippen LogP contribution in [0, 0.1) is 5.92 Å². The Morgan fingerprint density at radius 2 is 0.519 bits per heavy atom. The van der Waals surface area contributed by atoms with Crippen LogP contribution in [0.5, 0.6) is 0 Å². The molecule has 722 valence electrons. The molecule has 5 aromatic carbocycles. The van der Waals surface area contributed by atoms with Gasteiger partial charge >= 0.3 is 59.7 Å². The standard InChI is InChI=1S/C99H134O30S2/c1-8-10-12-14-16-18-20-22-24-26-28-30-32-49-61-130(110,111)67-74(68-131(112,113)62-50-33-31-29-27-25-23-21-19-17-15-13-11-9-2)63-117-97-89(126-95(108)78-57-45-37-46-58-78)87(124-93(106)76-53-41-35-42-54-76)85(82(121-97)66-116-92(105)75-51-39-34-40-52-75)129-99-91(127-96(109)79-59-47-38-48-60-79)88(125-94(107)77-55-43-36-44-56-77)84(81(123-99)65-115-70(4)101)128-98-90(120-73(7)104)86(119-72(6)103)83(118-71(5)102)80(122-98)64-114-69(3)100/h34-48,51-60,74,80-91,97-99H,8-33,49-50,61-68H2,1-7H3/t80-,81-,82-,83+,84+,85-,86+,87+,88+,89-,90-,91-,97-,98-,99+/m1/s1. The first-order valence-corrected chi connectivity index (χ1v) is 50.1. The number of ether oxygens (including phenoxy) is 16. The maximum atomic E-state index is 15.4. The predicted octanol–water partition coefficient (Wildman–Crippen LogP) is 16.0. The van der Waals surface area contributed by atoms with E-state index in [4.69, 9.17) is 75.8 Å². The van der Waals surface area contributed by atoms with Gasteiger partial charge < -0.3 is 75.8 Å². The van der Waals surface area contributed by atoms with E-state index in [1.807, 2.05) is 0 Å². The summed E-state index contributed by atoms with van der Waals surface area (Å²) < 4.78 is 161. The van der Waals surface area contributed by atoms with E-state index in [1.54, 1.807) is 42.5 Å². The molecule has 32 heteroatoms. The maximum Gasteiger partial charge on any atom is 0.338 e. The van der Waals surface area contributed by atoms with Crippen LogP contribution in [0.1, 0.15) is 280 Å². The van der Waals surface area contributed by atoms with Crippen molar-refractivity contribution < 1.29 is 141 Å². The Labute approximate surface area is 771 Å². The van der Waals surface area contributed by atoms with E-state index in [0.29, 0.717) is 12.8 Å². The topological polar surface area (TPSA) is 387 Å². The molecule has 3 saturated heterocycles. The molecule has 0 radical (unpaired) electrons. The van der Waals surface area contributed by atoms with Gasteiger partial charge in [0, 0.05) is 40.5 Å². The normalized spacial score (nSPS) is 22.0. The molecule has 30 nitrogen and oxygen atoms in total. The van der Waals surface area contributed by atoms with Gasteiger partial charge in [0.2, 0.25) is 0 Å². The molecule has 0 aromatic heterocycles. The number of benzene rings is 5. The number of carbonyl (C=O) groups excluding carboxylic acids is 10. The van der Waals surface area contributed by atoms with Gasteiger partial charge in [0.15, 0.2) is 81.3 Å². The monoisotopic (exact) mass is 1870 g/mol. The van der Waals surface area contributed by atoms with Crippen LogP contribution < -0.4 is 0 Å². The Balaban J connectivity index is 1.25. The first-order valence-electron chi connectivity index (χ1n) is 46.5. The highest BCUT2D eigenvalue weighted by atomic mass is 32.2. The average molecular weight is 1870 g/mol. The minimum Gasteiger partial charge on any atom is -0.463 e. The van der Waals surface area contributed by atoms with Crippen LogP contribution in [0.3, 0.4) is 0 Å². The first kappa shape index (κ1) is 107. The Morgan fingerprint density at radius 3 is 0.832 bits per heavy atom. The Kier molecular flexibility index (Phi) is 47.1. The van der Waals surface area contributed by atoms with Crippen molar-refractivity contribution in [3.63, 3.8) is 0 Å². The zero-order chi connectivity index (χ0) is 94.3. The molecular formula is C99H134O30S2. The highest BCUT2D eigenvalue weighted by Gasteiger charge is 2.61. The summed E-state index contributed by atoms with van der Waals surface area (Å²) in [7, 11) is -8.21. The second-order valence-electron chi connectivity index (χ2n) is 33.7. The van der Waals surface area contributed by atoms with Crippen molar-refractivity contribution in [3.8, 4) is 0 Å². The van der Waals surface area contributed by atoms with Crippen LogP contribution in [0.2, 0.25) is 0 Å². The zero-order valence-corrected chi connectivity index (χ0v) is 78.3. The molecular weight excluding hydrogens is 1730 g/mol. The average Bonchev–Trinajstić information content (AvgIpc) is 0.756. The Bertz CT molecular complexity index is 4440. The number of sulfone groups is 2. The molecule has 0 bridgehead atoms. The van der Waals surface area contributed by atoms with Gasteiger partial charge in [-0.05, 0) is 73.5 Å². The summed E-state index contributed by atoms with van der Waals surface area (Å²) in [5.74, 6) is -13.9. The minimum absolute atomic E-state index is 0.00585. The molecule has 0 amide bonds. The van der Waals surface area contributed by atoms with Crippen molar-refractivity contribution in [1.82, 2.24) is 0 Å². The van der Waals surface area contributed by atoms with Gasteiger partial charge in [0.1, 0.15) is 50.3 Å². The summed E-state index contributed by atoms with van der Waals surface area (Å²) in [6.07, 6.45) is -2.24. The fourth-order valence-electron chi connectivity index (χ4n) is 16.1. The molecule has 131 heavy (non-hydrogen) atoms. The van der Waals surface area contributed by atoms with Gasteiger partial charge in [0.05, 0.1) is 57.4 Å². The quantitative estimate of drug-likeness (QED) is 0.0198. The second-order valence-corrected chi connectivity index (χ2v) is 38.1. The van der Waals surface area contributed by atoms with E-state index in [-0.39, 0.29) is 52.2 Å². The van der Waals surface area contributed by atoms with Gasteiger partial charge in [-0.25, -0.2) is 40.8 Å². The molecule has 0 N–H and O–H groups in total. The van der Waals surface area contributed by atoms with Crippen molar-refractivity contribution in [1.29, 1.82) is 0 Å². The van der Waals surface area contributed by atoms with Gasteiger partial charge in [-0.1, -0.05) is 272 Å². The molecule has 3 heterocycles. The van der Waals surface area contributed by atoms with E-state index >= 15 is 19.2 Å². The number of esters is 10. The number of hydrogen-bond donors (Lipinski definition) is 0. The molecule has 5 aromatic rings. The molecule has 3 aliphatic rings. The summed E-state index contributed by atoms with van der Waals surface area (Å²) >= 11 is 0. The minimum atomic E-state index is -4.11. The first-order chi connectivity index (χ1) is 63.1. The van der Waals surface area contributed by atoms with Crippen LogP contribution in [0.15, 0.2) is 152 Å². The van der Waals surface area contributed by atoms with Gasteiger partial charge in [0.25, 0.3) is 0 Å². The Morgan fingerprint density at radius 1 is 0.275 bits per heavy atom. The number of unbranched alkanes of at least 4 members (excludes halogenated alkanes) is 26. The van der Waals surface area contributed by atoms with Crippen LogP contribution in [-0.4, -0.2) is 218 Å². The molecule has 3 fully saturated rings. The van der Waals surface area contributed by atoms with Crippen molar-refractivity contribution in [2.45, 2.75) is 320 Å². The number of hydrogen-bond acceptors (Lipinski definition) is 30. The summed E-state index contributed by atoms with van der Waals surface area (Å²) in [4.78, 5) is 141. The summed E-state index contributed by atoms with van der Waals surface area (Å²) in [6, 6.07) is 37.1. The fraction of sp³-hybridized carbons (Fsp3) is 0.596. The smallest absolute Gasteiger partial charge is 0.338 e. The third-order valence-electron chi connectivity index (χ3n) is 22.7. The lowest BCUT2D eigenvalue weighted by molar-refractivity contribution is -0.377. The molecule has 0 saturated carbocycles. The van der Waals surface area contributed by atoms with E-state index in [9.17, 15) is 45.6 Å². The molecule has 15 atom stereocenters. The lowest BCUT2D eigenvalue weighted by atomic mass is 9.95. The summed E-state index contributed by atoms with van der Waals surface area (Å²) in [6.45, 7) is 6.01. The van der Waals surface area contributed by atoms with E-state index < -0.39 is 215 Å². The molecule has 0 unspecified atom stereocenters. The van der Waals surface area contributed by atoms with Crippen molar-refractivity contribution in [2.24, 2.45) is 5.92 Å². The molecule has 8 rings (SSSR count). The zero-order valence-electron chi connectivity index (χ0n) is 76.7. The van der Waals surface area contributed by atoms with Gasteiger partial charge in [-0.15, -0.1) is 0 Å². The van der Waals surface area contributed by atoms with Gasteiger partial charge in [-0.3, -0.25) is 24.0 Å².